The summed E-state index contributed by atoms with van der Waals surface area (Å²) in [4.78, 5) is 22.6. The number of hydrogen-bond acceptors (Lipinski definition) is 7. The Morgan fingerprint density at radius 2 is 2.12 bits per heavy atom. The molecular formula is C16H20N6O2. The minimum Gasteiger partial charge on any atom is -0.378 e. The van der Waals surface area contributed by atoms with Gasteiger partial charge in [0, 0.05) is 45.0 Å². The minimum atomic E-state index is -0.385. The molecule has 0 spiro atoms. The zero-order valence-corrected chi connectivity index (χ0v) is 13.4. The van der Waals surface area contributed by atoms with Crippen molar-refractivity contribution in [2.45, 2.75) is 24.9 Å². The van der Waals surface area contributed by atoms with Gasteiger partial charge in [0.1, 0.15) is 17.8 Å². The highest BCUT2D eigenvalue weighted by Crippen LogP contribution is 2.36. The summed E-state index contributed by atoms with van der Waals surface area (Å²) in [5, 5.41) is 11.0. The number of morpholine rings is 1. The van der Waals surface area contributed by atoms with E-state index in [1.54, 1.807) is 6.07 Å². The van der Waals surface area contributed by atoms with Crippen molar-refractivity contribution in [3.8, 4) is 12.3 Å². The molecule has 0 aromatic carbocycles. The van der Waals surface area contributed by atoms with Gasteiger partial charge in [-0.25, -0.2) is 9.97 Å². The van der Waals surface area contributed by atoms with Gasteiger partial charge in [-0.1, -0.05) is 0 Å². The summed E-state index contributed by atoms with van der Waals surface area (Å²) >= 11 is 0. The molecule has 2 aliphatic heterocycles. The van der Waals surface area contributed by atoms with Gasteiger partial charge in [-0.15, -0.1) is 12.3 Å². The van der Waals surface area contributed by atoms with Crippen LogP contribution in [-0.4, -0.2) is 54.4 Å². The number of hydrogen-bond donors (Lipinski definition) is 1. The van der Waals surface area contributed by atoms with E-state index in [0.29, 0.717) is 38.3 Å². The molecule has 1 saturated heterocycles. The Hall–Kier alpha value is -2.53. The first-order valence-electron chi connectivity index (χ1n) is 8.03. The lowest BCUT2D eigenvalue weighted by atomic mass is 10.0. The summed E-state index contributed by atoms with van der Waals surface area (Å²) in [6.07, 6.45) is 8.70. The lowest BCUT2D eigenvalue weighted by molar-refractivity contribution is 0.0946. The van der Waals surface area contributed by atoms with E-state index < -0.39 is 0 Å². The summed E-state index contributed by atoms with van der Waals surface area (Å²) < 4.78 is 5.32. The molecule has 0 saturated carbocycles. The third-order valence-corrected chi connectivity index (χ3v) is 4.08. The average Bonchev–Trinajstić information content (AvgIpc) is 3.41. The number of carbonyl (C=O) groups is 1. The van der Waals surface area contributed by atoms with Crippen LogP contribution in [0.1, 0.15) is 29.8 Å². The maximum atomic E-state index is 12.3. The molecule has 1 aromatic rings. The number of nitrogens with one attached hydrogen (secondary N) is 1. The van der Waals surface area contributed by atoms with E-state index in [9.17, 15) is 4.79 Å². The molecule has 1 aromatic heterocycles. The number of terminal acetylenes is 1. The molecule has 8 heteroatoms. The Balaban J connectivity index is 1.51. The molecule has 3 rings (SSSR count). The van der Waals surface area contributed by atoms with Crippen molar-refractivity contribution >= 4 is 11.7 Å². The number of carbonyl (C=O) groups excluding carboxylic acids is 1. The summed E-state index contributed by atoms with van der Waals surface area (Å²) in [7, 11) is 0. The van der Waals surface area contributed by atoms with Crippen LogP contribution in [0, 0.1) is 12.3 Å². The van der Waals surface area contributed by atoms with Crippen LogP contribution in [0.25, 0.3) is 0 Å². The molecule has 0 aliphatic carbocycles. The molecule has 1 fully saturated rings. The zero-order valence-electron chi connectivity index (χ0n) is 13.4. The summed E-state index contributed by atoms with van der Waals surface area (Å²) in [5.41, 5.74) is -0.0292. The molecule has 24 heavy (non-hydrogen) atoms. The molecule has 3 heterocycles. The molecule has 1 amide bonds. The van der Waals surface area contributed by atoms with Crippen molar-refractivity contribution in [3.63, 3.8) is 0 Å². The predicted molar refractivity (Wildman–Crippen MR) is 87.7 cm³/mol. The smallest absolute Gasteiger partial charge is 0.270 e. The molecular weight excluding hydrogens is 308 g/mol. The SMILES string of the molecule is C#CCCC1(CCNC(=O)c2cc(N3CCOCC3)ncn2)N=N1. The second kappa shape index (κ2) is 7.36. The number of nitrogens with zero attached hydrogens (tertiary/aromatic N) is 5. The molecule has 126 valence electrons. The van der Waals surface area contributed by atoms with E-state index >= 15 is 0 Å². The first kappa shape index (κ1) is 16.3. The van der Waals surface area contributed by atoms with Crippen LogP contribution in [-0.2, 0) is 4.74 Å². The van der Waals surface area contributed by atoms with E-state index in [1.807, 2.05) is 0 Å². The fraction of sp³-hybridized carbons (Fsp3) is 0.562. The van der Waals surface area contributed by atoms with Crippen LogP contribution < -0.4 is 10.2 Å². The van der Waals surface area contributed by atoms with Crippen LogP contribution in [0.3, 0.4) is 0 Å². The van der Waals surface area contributed by atoms with Crippen molar-refractivity contribution in [2.75, 3.05) is 37.7 Å². The van der Waals surface area contributed by atoms with E-state index in [1.165, 1.54) is 6.33 Å². The van der Waals surface area contributed by atoms with Gasteiger partial charge in [0.25, 0.3) is 5.91 Å². The molecule has 1 N–H and O–H groups in total. The molecule has 0 radical (unpaired) electrons. The first-order valence-corrected chi connectivity index (χ1v) is 8.03. The molecule has 0 unspecified atom stereocenters. The standard InChI is InChI=1S/C16H20N6O2/c1-2-3-4-16(20-21-16)5-6-17-15(23)13-11-14(19-12-18-13)22-7-9-24-10-8-22/h1,11-12H,3-10H2,(H,17,23). The second-order valence-corrected chi connectivity index (χ2v) is 5.75. The van der Waals surface area contributed by atoms with Gasteiger partial charge < -0.3 is 15.0 Å². The van der Waals surface area contributed by atoms with Gasteiger partial charge in [0.05, 0.1) is 13.2 Å². The van der Waals surface area contributed by atoms with Gasteiger partial charge in [-0.05, 0) is 0 Å². The molecule has 2 aliphatic rings. The fourth-order valence-corrected chi connectivity index (χ4v) is 2.57. The lowest BCUT2D eigenvalue weighted by Crippen LogP contribution is -2.37. The Bertz CT molecular complexity index is 657. The number of aromatic nitrogens is 2. The van der Waals surface area contributed by atoms with Crippen LogP contribution in [0.4, 0.5) is 5.82 Å². The monoisotopic (exact) mass is 328 g/mol. The maximum Gasteiger partial charge on any atom is 0.270 e. The van der Waals surface area contributed by atoms with Crippen LogP contribution in [0.2, 0.25) is 0 Å². The van der Waals surface area contributed by atoms with E-state index in [0.717, 1.165) is 25.3 Å². The first-order chi connectivity index (χ1) is 11.7. The predicted octanol–water partition coefficient (Wildman–Crippen LogP) is 1.01. The van der Waals surface area contributed by atoms with Gasteiger partial charge in [0.15, 0.2) is 5.66 Å². The van der Waals surface area contributed by atoms with E-state index in [4.69, 9.17) is 11.2 Å². The van der Waals surface area contributed by atoms with E-state index in [2.05, 4.69) is 36.3 Å². The molecule has 0 atom stereocenters. The quantitative estimate of drug-likeness (QED) is 0.754. The summed E-state index contributed by atoms with van der Waals surface area (Å²) in [6, 6.07) is 1.71. The normalized spacial score (nSPS) is 18.0. The highest BCUT2D eigenvalue weighted by Gasteiger charge is 2.38. The van der Waals surface area contributed by atoms with Crippen molar-refractivity contribution in [3.05, 3.63) is 18.1 Å². The Morgan fingerprint density at radius 3 is 2.83 bits per heavy atom. The molecule has 8 nitrogen and oxygen atoms in total. The lowest BCUT2D eigenvalue weighted by Gasteiger charge is -2.27. The number of ether oxygens (including phenoxy) is 1. The number of amides is 1. The minimum absolute atomic E-state index is 0.223. The van der Waals surface area contributed by atoms with Gasteiger partial charge in [-0.3, -0.25) is 4.79 Å². The van der Waals surface area contributed by atoms with E-state index in [-0.39, 0.29) is 11.6 Å². The second-order valence-electron chi connectivity index (χ2n) is 5.75. The van der Waals surface area contributed by atoms with Gasteiger partial charge >= 0.3 is 0 Å². The maximum absolute atomic E-state index is 12.3. The largest absolute Gasteiger partial charge is 0.378 e. The van der Waals surface area contributed by atoms with Crippen LogP contribution >= 0.6 is 0 Å². The van der Waals surface area contributed by atoms with Crippen LogP contribution in [0.5, 0.6) is 0 Å². The average molecular weight is 328 g/mol. The van der Waals surface area contributed by atoms with Gasteiger partial charge in [-0.2, -0.15) is 10.2 Å². The number of anilines is 1. The highest BCUT2D eigenvalue weighted by molar-refractivity contribution is 5.92. The Kier molecular flexibility index (Phi) is 5.01. The van der Waals surface area contributed by atoms with Crippen molar-refractivity contribution in [1.29, 1.82) is 0 Å². The third-order valence-electron chi connectivity index (χ3n) is 4.08. The topological polar surface area (TPSA) is 92.1 Å². The van der Waals surface area contributed by atoms with Crippen molar-refractivity contribution in [2.24, 2.45) is 10.2 Å². The fourth-order valence-electron chi connectivity index (χ4n) is 2.57. The third kappa shape index (κ3) is 4.06. The zero-order chi connectivity index (χ0) is 16.8. The van der Waals surface area contributed by atoms with Crippen LogP contribution in [0.15, 0.2) is 22.6 Å². The highest BCUT2D eigenvalue weighted by atomic mass is 16.5. The van der Waals surface area contributed by atoms with Crippen molar-refractivity contribution in [1.82, 2.24) is 15.3 Å². The summed E-state index contributed by atoms with van der Waals surface area (Å²) in [6.45, 7) is 3.33. The van der Waals surface area contributed by atoms with Gasteiger partial charge in [0.2, 0.25) is 0 Å². The van der Waals surface area contributed by atoms with Crippen molar-refractivity contribution < 1.29 is 9.53 Å². The number of rotatable bonds is 7. The molecule has 0 bridgehead atoms. The Morgan fingerprint density at radius 1 is 1.33 bits per heavy atom. The summed E-state index contributed by atoms with van der Waals surface area (Å²) in [5.74, 6) is 3.11. The Labute approximate surface area is 140 Å².